The summed E-state index contributed by atoms with van der Waals surface area (Å²) in [5.74, 6) is 0. The SMILES string of the molecule is CN1CCc2cc(-c3nc(CN)cs3)ccc21. The second kappa shape index (κ2) is 4.13. The summed E-state index contributed by atoms with van der Waals surface area (Å²) >= 11 is 1.67. The number of likely N-dealkylation sites (N-methyl/N-ethyl adjacent to an activating group) is 1. The maximum absolute atomic E-state index is 5.59. The molecule has 0 saturated carbocycles. The van der Waals surface area contributed by atoms with E-state index in [0.29, 0.717) is 6.54 Å². The molecule has 3 rings (SSSR count). The van der Waals surface area contributed by atoms with Gasteiger partial charge in [-0.05, 0) is 30.2 Å². The number of thiazole rings is 1. The first kappa shape index (κ1) is 10.7. The van der Waals surface area contributed by atoms with E-state index in [4.69, 9.17) is 5.73 Å². The molecule has 0 atom stereocenters. The van der Waals surface area contributed by atoms with Crippen LogP contribution in [0.15, 0.2) is 23.6 Å². The number of hydrogen-bond acceptors (Lipinski definition) is 4. The summed E-state index contributed by atoms with van der Waals surface area (Å²) in [5, 5.41) is 3.11. The van der Waals surface area contributed by atoms with Crippen molar-refractivity contribution in [1.82, 2.24) is 4.98 Å². The normalized spacial score (nSPS) is 14.1. The summed E-state index contributed by atoms with van der Waals surface area (Å²) in [6.45, 7) is 1.63. The number of benzene rings is 1. The molecule has 1 aromatic carbocycles. The maximum atomic E-state index is 5.59. The monoisotopic (exact) mass is 245 g/mol. The highest BCUT2D eigenvalue weighted by Crippen LogP contribution is 2.32. The van der Waals surface area contributed by atoms with Gasteiger partial charge in [0, 0.05) is 36.8 Å². The zero-order valence-corrected chi connectivity index (χ0v) is 10.6. The molecular formula is C13H15N3S. The van der Waals surface area contributed by atoms with Crippen molar-refractivity contribution in [1.29, 1.82) is 0 Å². The molecule has 4 heteroatoms. The highest BCUT2D eigenvalue weighted by atomic mass is 32.1. The summed E-state index contributed by atoms with van der Waals surface area (Å²) < 4.78 is 0. The van der Waals surface area contributed by atoms with Crippen LogP contribution in [0, 0.1) is 0 Å². The molecule has 17 heavy (non-hydrogen) atoms. The number of rotatable bonds is 2. The molecule has 3 nitrogen and oxygen atoms in total. The van der Waals surface area contributed by atoms with E-state index in [1.807, 2.05) is 5.38 Å². The Balaban J connectivity index is 1.99. The van der Waals surface area contributed by atoms with Crippen molar-refractivity contribution < 1.29 is 0 Å². The van der Waals surface area contributed by atoms with E-state index < -0.39 is 0 Å². The Bertz CT molecular complexity index is 547. The Labute approximate surface area is 105 Å². The number of anilines is 1. The molecule has 1 aromatic heterocycles. The van der Waals surface area contributed by atoms with Gasteiger partial charge in [-0.3, -0.25) is 0 Å². The first-order valence-corrected chi connectivity index (χ1v) is 6.65. The highest BCUT2D eigenvalue weighted by molar-refractivity contribution is 7.13. The second-order valence-corrected chi connectivity index (χ2v) is 5.22. The fourth-order valence-corrected chi connectivity index (χ4v) is 3.06. The first-order valence-electron chi connectivity index (χ1n) is 5.77. The molecule has 0 amide bonds. The average Bonchev–Trinajstić information content (AvgIpc) is 2.96. The number of fused-ring (bicyclic) bond motifs is 1. The van der Waals surface area contributed by atoms with Gasteiger partial charge in [0.05, 0.1) is 5.69 Å². The lowest BCUT2D eigenvalue weighted by atomic mass is 10.1. The summed E-state index contributed by atoms with van der Waals surface area (Å²) in [5.41, 5.74) is 10.6. The van der Waals surface area contributed by atoms with E-state index in [0.717, 1.165) is 23.7 Å². The summed E-state index contributed by atoms with van der Waals surface area (Å²) in [6.07, 6.45) is 1.13. The molecule has 2 aromatic rings. The summed E-state index contributed by atoms with van der Waals surface area (Å²) in [7, 11) is 2.14. The molecule has 0 unspecified atom stereocenters. The van der Waals surface area contributed by atoms with Gasteiger partial charge in [-0.2, -0.15) is 0 Å². The lowest BCUT2D eigenvalue weighted by Crippen LogP contribution is -2.12. The minimum Gasteiger partial charge on any atom is -0.374 e. The van der Waals surface area contributed by atoms with Crippen LogP contribution in [-0.2, 0) is 13.0 Å². The molecule has 2 N–H and O–H groups in total. The highest BCUT2D eigenvalue weighted by Gasteiger charge is 2.16. The smallest absolute Gasteiger partial charge is 0.123 e. The molecule has 1 aliphatic rings. The number of hydrogen-bond donors (Lipinski definition) is 1. The largest absolute Gasteiger partial charge is 0.374 e. The first-order chi connectivity index (χ1) is 8.28. The van der Waals surface area contributed by atoms with Crippen LogP contribution in [0.4, 0.5) is 5.69 Å². The zero-order chi connectivity index (χ0) is 11.8. The molecular weight excluding hydrogens is 230 g/mol. The van der Waals surface area contributed by atoms with Gasteiger partial charge in [0.25, 0.3) is 0 Å². The fourth-order valence-electron chi connectivity index (χ4n) is 2.23. The van der Waals surface area contributed by atoms with E-state index in [1.165, 1.54) is 16.8 Å². The third-order valence-corrected chi connectivity index (χ3v) is 4.16. The van der Waals surface area contributed by atoms with Crippen molar-refractivity contribution in [3.63, 3.8) is 0 Å². The van der Waals surface area contributed by atoms with Crippen molar-refractivity contribution in [2.24, 2.45) is 5.73 Å². The summed E-state index contributed by atoms with van der Waals surface area (Å²) in [6, 6.07) is 6.61. The Morgan fingerprint density at radius 3 is 3.12 bits per heavy atom. The Morgan fingerprint density at radius 2 is 2.35 bits per heavy atom. The lowest BCUT2D eigenvalue weighted by molar-refractivity contribution is 0.956. The van der Waals surface area contributed by atoms with E-state index in [2.05, 4.69) is 35.1 Å². The van der Waals surface area contributed by atoms with Crippen molar-refractivity contribution in [3.05, 3.63) is 34.8 Å². The van der Waals surface area contributed by atoms with Gasteiger partial charge in [0.1, 0.15) is 5.01 Å². The van der Waals surface area contributed by atoms with Gasteiger partial charge < -0.3 is 10.6 Å². The molecule has 88 valence electrons. The third kappa shape index (κ3) is 1.83. The van der Waals surface area contributed by atoms with Gasteiger partial charge in [-0.1, -0.05) is 0 Å². The van der Waals surface area contributed by atoms with Crippen molar-refractivity contribution in [2.45, 2.75) is 13.0 Å². The topological polar surface area (TPSA) is 42.2 Å². The van der Waals surface area contributed by atoms with Crippen molar-refractivity contribution in [3.8, 4) is 10.6 Å². The average molecular weight is 245 g/mol. The van der Waals surface area contributed by atoms with Gasteiger partial charge >= 0.3 is 0 Å². The zero-order valence-electron chi connectivity index (χ0n) is 9.81. The number of nitrogens with two attached hydrogens (primary N) is 1. The molecule has 0 bridgehead atoms. The molecule has 0 aliphatic carbocycles. The summed E-state index contributed by atoms with van der Waals surface area (Å²) in [4.78, 5) is 6.82. The number of nitrogens with zero attached hydrogens (tertiary/aromatic N) is 2. The minimum atomic E-state index is 0.518. The van der Waals surface area contributed by atoms with Crippen molar-refractivity contribution >= 4 is 17.0 Å². The lowest BCUT2D eigenvalue weighted by Gasteiger charge is -2.11. The molecule has 2 heterocycles. The van der Waals surface area contributed by atoms with Crippen LogP contribution in [0.5, 0.6) is 0 Å². The van der Waals surface area contributed by atoms with Crippen LogP contribution in [-0.4, -0.2) is 18.6 Å². The van der Waals surface area contributed by atoms with Crippen LogP contribution in [0.2, 0.25) is 0 Å². The standard InChI is InChI=1S/C13H15N3S/c1-16-5-4-9-6-10(2-3-12(9)16)13-15-11(7-14)8-17-13/h2-3,6,8H,4-5,7,14H2,1H3. The van der Waals surface area contributed by atoms with Crippen LogP contribution < -0.4 is 10.6 Å². The van der Waals surface area contributed by atoms with E-state index in [1.54, 1.807) is 11.3 Å². The fraction of sp³-hybridized carbons (Fsp3) is 0.308. The van der Waals surface area contributed by atoms with Crippen LogP contribution in [0.3, 0.4) is 0 Å². The Kier molecular flexibility index (Phi) is 2.61. The van der Waals surface area contributed by atoms with Crippen molar-refractivity contribution in [2.75, 3.05) is 18.5 Å². The van der Waals surface area contributed by atoms with E-state index >= 15 is 0 Å². The molecule has 0 spiro atoms. The quantitative estimate of drug-likeness (QED) is 0.882. The Morgan fingerprint density at radius 1 is 1.47 bits per heavy atom. The van der Waals surface area contributed by atoms with E-state index in [-0.39, 0.29) is 0 Å². The van der Waals surface area contributed by atoms with Crippen LogP contribution in [0.25, 0.3) is 10.6 Å². The third-order valence-electron chi connectivity index (χ3n) is 3.22. The van der Waals surface area contributed by atoms with Crippen LogP contribution >= 0.6 is 11.3 Å². The molecule has 0 saturated heterocycles. The second-order valence-electron chi connectivity index (χ2n) is 4.36. The molecule has 0 fully saturated rings. The molecule has 1 aliphatic heterocycles. The Hall–Kier alpha value is -1.39. The maximum Gasteiger partial charge on any atom is 0.123 e. The predicted molar refractivity (Wildman–Crippen MR) is 72.4 cm³/mol. The van der Waals surface area contributed by atoms with Gasteiger partial charge in [0.2, 0.25) is 0 Å². The van der Waals surface area contributed by atoms with Gasteiger partial charge in [0.15, 0.2) is 0 Å². The van der Waals surface area contributed by atoms with Gasteiger partial charge in [-0.25, -0.2) is 4.98 Å². The molecule has 0 radical (unpaired) electrons. The predicted octanol–water partition coefficient (Wildman–Crippen LogP) is 2.26. The minimum absolute atomic E-state index is 0.518. The van der Waals surface area contributed by atoms with E-state index in [9.17, 15) is 0 Å². The van der Waals surface area contributed by atoms with Crippen LogP contribution in [0.1, 0.15) is 11.3 Å². The number of aromatic nitrogens is 1. The van der Waals surface area contributed by atoms with Gasteiger partial charge in [-0.15, -0.1) is 11.3 Å².